The molecule has 0 unspecified atom stereocenters. The van der Waals surface area contributed by atoms with Crippen LogP contribution in [0.4, 0.5) is 0 Å². The molecule has 94 valence electrons. The van der Waals surface area contributed by atoms with Gasteiger partial charge in [-0.1, -0.05) is 0 Å². The van der Waals surface area contributed by atoms with E-state index < -0.39 is 5.97 Å². The van der Waals surface area contributed by atoms with Crippen LogP contribution in [0, 0.1) is 0 Å². The largest absolute Gasteiger partial charge is 0.476 e. The first-order chi connectivity index (χ1) is 8.66. The van der Waals surface area contributed by atoms with Gasteiger partial charge in [-0.05, 0) is 0 Å². The van der Waals surface area contributed by atoms with Gasteiger partial charge in [-0.3, -0.25) is 9.89 Å². The van der Waals surface area contributed by atoms with Gasteiger partial charge in [0.1, 0.15) is 0 Å². The second-order valence-electron chi connectivity index (χ2n) is 3.54. The molecule has 0 saturated heterocycles. The average Bonchev–Trinajstić information content (AvgIpc) is 3.00. The van der Waals surface area contributed by atoms with Gasteiger partial charge >= 0.3 is 5.97 Å². The van der Waals surface area contributed by atoms with Gasteiger partial charge in [-0.15, -0.1) is 0 Å². The fraction of sp³-hybridized carbons (Fsp3) is 0.200. The van der Waals surface area contributed by atoms with Gasteiger partial charge in [-0.2, -0.15) is 5.10 Å². The lowest BCUT2D eigenvalue weighted by Crippen LogP contribution is -2.26. The molecule has 2 rings (SSSR count). The van der Waals surface area contributed by atoms with E-state index in [-0.39, 0.29) is 11.6 Å². The molecule has 1 amide bonds. The maximum Gasteiger partial charge on any atom is 0.356 e. The SMILES string of the molecule is O=C(NCCn1cnc(C(=O)O)c1)c1cn[nH]c1. The number of aromatic amines is 1. The van der Waals surface area contributed by atoms with Crippen molar-refractivity contribution in [3.8, 4) is 0 Å². The molecule has 2 aromatic rings. The van der Waals surface area contributed by atoms with Crippen molar-refractivity contribution in [1.82, 2.24) is 25.1 Å². The number of carbonyl (C=O) groups is 2. The number of nitrogens with zero attached hydrogens (tertiary/aromatic N) is 3. The Hall–Kier alpha value is -2.64. The molecule has 2 aromatic heterocycles. The maximum absolute atomic E-state index is 11.5. The Morgan fingerprint density at radius 2 is 2.33 bits per heavy atom. The van der Waals surface area contributed by atoms with Gasteiger partial charge < -0.3 is 15.0 Å². The molecule has 2 heterocycles. The van der Waals surface area contributed by atoms with E-state index in [0.717, 1.165) is 0 Å². The molecule has 0 aliphatic rings. The van der Waals surface area contributed by atoms with E-state index in [9.17, 15) is 9.59 Å². The summed E-state index contributed by atoms with van der Waals surface area (Å²) in [6.07, 6.45) is 5.74. The van der Waals surface area contributed by atoms with Gasteiger partial charge in [0.15, 0.2) is 5.69 Å². The highest BCUT2D eigenvalue weighted by Crippen LogP contribution is 1.96. The second-order valence-corrected chi connectivity index (χ2v) is 3.54. The maximum atomic E-state index is 11.5. The molecule has 0 saturated carbocycles. The molecule has 18 heavy (non-hydrogen) atoms. The molecule has 0 atom stereocenters. The molecule has 0 spiro atoms. The van der Waals surface area contributed by atoms with Crippen molar-refractivity contribution in [3.05, 3.63) is 36.2 Å². The predicted molar refractivity (Wildman–Crippen MR) is 60.1 cm³/mol. The average molecular weight is 249 g/mol. The van der Waals surface area contributed by atoms with Gasteiger partial charge in [0.05, 0.1) is 18.1 Å². The first-order valence-corrected chi connectivity index (χ1v) is 5.19. The van der Waals surface area contributed by atoms with Crippen molar-refractivity contribution in [2.75, 3.05) is 6.54 Å². The van der Waals surface area contributed by atoms with Crippen molar-refractivity contribution in [1.29, 1.82) is 0 Å². The number of rotatable bonds is 5. The number of imidazole rings is 1. The van der Waals surface area contributed by atoms with Crippen LogP contribution in [0.25, 0.3) is 0 Å². The molecule has 3 N–H and O–H groups in total. The van der Waals surface area contributed by atoms with E-state index in [1.807, 2.05) is 0 Å². The monoisotopic (exact) mass is 249 g/mol. The number of H-pyrrole nitrogens is 1. The van der Waals surface area contributed by atoms with Crippen LogP contribution in [0.5, 0.6) is 0 Å². The van der Waals surface area contributed by atoms with Crippen LogP contribution in [0.3, 0.4) is 0 Å². The molecule has 0 aliphatic heterocycles. The van der Waals surface area contributed by atoms with Crippen LogP contribution < -0.4 is 5.32 Å². The minimum absolute atomic E-state index is 0.0174. The summed E-state index contributed by atoms with van der Waals surface area (Å²) in [6.45, 7) is 0.823. The number of amides is 1. The zero-order valence-corrected chi connectivity index (χ0v) is 9.33. The number of hydrogen-bond acceptors (Lipinski definition) is 4. The van der Waals surface area contributed by atoms with E-state index in [1.165, 1.54) is 24.9 Å². The Morgan fingerprint density at radius 3 is 2.94 bits per heavy atom. The normalized spacial score (nSPS) is 10.2. The van der Waals surface area contributed by atoms with Crippen LogP contribution in [0.1, 0.15) is 20.8 Å². The first kappa shape index (κ1) is 11.8. The van der Waals surface area contributed by atoms with E-state index in [0.29, 0.717) is 18.7 Å². The number of aromatic nitrogens is 4. The van der Waals surface area contributed by atoms with Crippen molar-refractivity contribution < 1.29 is 14.7 Å². The molecule has 0 fully saturated rings. The lowest BCUT2D eigenvalue weighted by molar-refractivity contribution is 0.0690. The van der Waals surface area contributed by atoms with E-state index >= 15 is 0 Å². The molecule has 8 nitrogen and oxygen atoms in total. The van der Waals surface area contributed by atoms with Crippen molar-refractivity contribution in [2.45, 2.75) is 6.54 Å². The highest BCUT2D eigenvalue weighted by atomic mass is 16.4. The van der Waals surface area contributed by atoms with Gasteiger partial charge in [-0.25, -0.2) is 9.78 Å². The Bertz CT molecular complexity index is 546. The van der Waals surface area contributed by atoms with Crippen molar-refractivity contribution in [3.63, 3.8) is 0 Å². The molecule has 0 aromatic carbocycles. The fourth-order valence-corrected chi connectivity index (χ4v) is 1.37. The van der Waals surface area contributed by atoms with E-state index in [4.69, 9.17) is 5.11 Å². The summed E-state index contributed by atoms with van der Waals surface area (Å²) in [7, 11) is 0. The highest BCUT2D eigenvalue weighted by Gasteiger charge is 2.07. The minimum Gasteiger partial charge on any atom is -0.476 e. The summed E-state index contributed by atoms with van der Waals surface area (Å²) in [5, 5.41) is 17.6. The number of nitrogens with one attached hydrogen (secondary N) is 2. The Morgan fingerprint density at radius 1 is 1.50 bits per heavy atom. The lowest BCUT2D eigenvalue weighted by atomic mass is 10.3. The Labute approximate surface area is 102 Å². The fourth-order valence-electron chi connectivity index (χ4n) is 1.37. The summed E-state index contributed by atoms with van der Waals surface area (Å²) in [5.41, 5.74) is 0.433. The molecule has 8 heteroatoms. The molecular formula is C10H11N5O3. The summed E-state index contributed by atoms with van der Waals surface area (Å²) >= 11 is 0. The molecule has 0 bridgehead atoms. The zero-order valence-electron chi connectivity index (χ0n) is 9.33. The minimum atomic E-state index is -1.07. The lowest BCUT2D eigenvalue weighted by Gasteiger charge is -2.03. The number of carboxylic acids is 1. The predicted octanol–water partition coefficient (Wildman–Crippen LogP) is -0.266. The molecule has 0 radical (unpaired) electrons. The summed E-state index contributed by atoms with van der Waals surface area (Å²) in [5.74, 6) is -1.31. The first-order valence-electron chi connectivity index (χ1n) is 5.19. The zero-order chi connectivity index (χ0) is 13.0. The van der Waals surface area contributed by atoms with Gasteiger partial charge in [0.2, 0.25) is 0 Å². The van der Waals surface area contributed by atoms with Crippen LogP contribution >= 0.6 is 0 Å². The number of carboxylic acid groups (broad SMARTS) is 1. The van der Waals surface area contributed by atoms with Gasteiger partial charge in [0, 0.05) is 25.5 Å². The second kappa shape index (κ2) is 5.13. The number of carbonyl (C=O) groups excluding carboxylic acids is 1. The summed E-state index contributed by atoms with van der Waals surface area (Å²) < 4.78 is 1.60. The van der Waals surface area contributed by atoms with Crippen LogP contribution in [-0.4, -0.2) is 43.3 Å². The smallest absolute Gasteiger partial charge is 0.356 e. The van der Waals surface area contributed by atoms with Crippen LogP contribution in [0.2, 0.25) is 0 Å². The number of hydrogen-bond donors (Lipinski definition) is 3. The number of aromatic carboxylic acids is 1. The quantitative estimate of drug-likeness (QED) is 0.675. The van der Waals surface area contributed by atoms with Crippen molar-refractivity contribution >= 4 is 11.9 Å². The third kappa shape index (κ3) is 2.73. The van der Waals surface area contributed by atoms with Crippen molar-refractivity contribution in [2.24, 2.45) is 0 Å². The summed E-state index contributed by atoms with van der Waals surface area (Å²) in [6, 6.07) is 0. The van der Waals surface area contributed by atoms with Crippen LogP contribution in [-0.2, 0) is 6.54 Å². The highest BCUT2D eigenvalue weighted by molar-refractivity contribution is 5.93. The summed E-state index contributed by atoms with van der Waals surface area (Å²) in [4.78, 5) is 25.8. The van der Waals surface area contributed by atoms with E-state index in [2.05, 4.69) is 20.5 Å². The topological polar surface area (TPSA) is 113 Å². The van der Waals surface area contributed by atoms with E-state index in [1.54, 1.807) is 4.57 Å². The Balaban J connectivity index is 1.81. The standard InChI is InChI=1S/C10H11N5O3/c16-9(7-3-13-14-4-7)11-1-2-15-5-8(10(17)18)12-6-15/h3-6H,1-2H2,(H,11,16)(H,13,14)(H,17,18). The Kier molecular flexibility index (Phi) is 3.37. The molecular weight excluding hydrogens is 238 g/mol. The molecule has 0 aliphatic carbocycles. The van der Waals surface area contributed by atoms with Crippen LogP contribution in [0.15, 0.2) is 24.9 Å². The van der Waals surface area contributed by atoms with Gasteiger partial charge in [0.25, 0.3) is 5.91 Å². The third-order valence-electron chi connectivity index (χ3n) is 2.27. The third-order valence-corrected chi connectivity index (χ3v) is 2.27.